The molecule has 128 valence electrons. The third-order valence-electron chi connectivity index (χ3n) is 3.83. The highest BCUT2D eigenvalue weighted by Gasteiger charge is 2.39. The van der Waals surface area contributed by atoms with Crippen LogP contribution in [-0.2, 0) is 6.18 Å². The van der Waals surface area contributed by atoms with Crippen molar-refractivity contribution in [3.63, 3.8) is 0 Å². The fourth-order valence-electron chi connectivity index (χ4n) is 2.65. The second kappa shape index (κ2) is 6.21. The molecule has 5 nitrogen and oxygen atoms in total. The van der Waals surface area contributed by atoms with Crippen molar-refractivity contribution in [2.75, 3.05) is 13.1 Å². The van der Waals surface area contributed by atoms with Gasteiger partial charge in [0.05, 0.1) is 5.92 Å². The van der Waals surface area contributed by atoms with Gasteiger partial charge in [0, 0.05) is 18.7 Å². The molecule has 0 spiro atoms. The van der Waals surface area contributed by atoms with Crippen molar-refractivity contribution in [2.45, 2.75) is 24.9 Å². The largest absolute Gasteiger partial charge is 0.470 e. The van der Waals surface area contributed by atoms with E-state index in [4.69, 9.17) is 4.42 Å². The normalized spacial score (nSPS) is 18.7. The van der Waals surface area contributed by atoms with E-state index in [-0.39, 0.29) is 18.3 Å². The lowest BCUT2D eigenvalue weighted by molar-refractivity contribution is -0.157. The van der Waals surface area contributed by atoms with Crippen LogP contribution in [0, 0.1) is 5.82 Å². The Bertz CT molecular complexity index is 727. The van der Waals surface area contributed by atoms with Crippen molar-refractivity contribution < 1.29 is 26.8 Å². The number of rotatable bonds is 2. The van der Waals surface area contributed by atoms with Gasteiger partial charge in [0.25, 0.3) is 5.91 Å². The van der Waals surface area contributed by atoms with Gasteiger partial charge in [-0.3, -0.25) is 4.79 Å². The molecule has 1 amide bonds. The molecular weight excluding hydrogens is 330 g/mol. The van der Waals surface area contributed by atoms with Gasteiger partial charge in [-0.25, -0.2) is 4.39 Å². The van der Waals surface area contributed by atoms with E-state index in [0.717, 1.165) is 0 Å². The number of carbonyl (C=O) groups is 1. The maximum Gasteiger partial charge on any atom is 0.470 e. The summed E-state index contributed by atoms with van der Waals surface area (Å²) in [5.41, 5.74) is 0.318. The molecule has 3 rings (SSSR count). The monoisotopic (exact) mass is 343 g/mol. The molecule has 1 aliphatic rings. The van der Waals surface area contributed by atoms with Gasteiger partial charge in [-0.2, -0.15) is 13.2 Å². The third-order valence-corrected chi connectivity index (χ3v) is 3.83. The first kappa shape index (κ1) is 16.4. The lowest BCUT2D eigenvalue weighted by atomic mass is 9.97. The van der Waals surface area contributed by atoms with Gasteiger partial charge < -0.3 is 9.32 Å². The van der Waals surface area contributed by atoms with E-state index in [1.54, 1.807) is 0 Å². The summed E-state index contributed by atoms with van der Waals surface area (Å²) in [6.45, 7) is 0.642. The molecule has 0 N–H and O–H groups in total. The van der Waals surface area contributed by atoms with E-state index in [1.807, 2.05) is 0 Å². The molecule has 1 aliphatic heterocycles. The fourth-order valence-corrected chi connectivity index (χ4v) is 2.65. The number of hydrogen-bond acceptors (Lipinski definition) is 4. The molecule has 24 heavy (non-hydrogen) atoms. The van der Waals surface area contributed by atoms with Crippen LogP contribution < -0.4 is 0 Å². The molecule has 1 aromatic heterocycles. The number of benzene rings is 1. The Morgan fingerprint density at radius 2 is 1.92 bits per heavy atom. The van der Waals surface area contributed by atoms with Crippen molar-refractivity contribution in [3.05, 3.63) is 47.4 Å². The highest BCUT2D eigenvalue weighted by molar-refractivity contribution is 5.94. The number of carbonyl (C=O) groups excluding carboxylic acids is 1. The van der Waals surface area contributed by atoms with Crippen molar-refractivity contribution in [2.24, 2.45) is 0 Å². The van der Waals surface area contributed by atoms with Gasteiger partial charge >= 0.3 is 12.1 Å². The molecule has 2 aromatic rings. The number of aromatic nitrogens is 2. The van der Waals surface area contributed by atoms with Gasteiger partial charge in [-0.1, -0.05) is 0 Å². The first-order valence-corrected chi connectivity index (χ1v) is 7.30. The van der Waals surface area contributed by atoms with Crippen LogP contribution in [0.1, 0.15) is 40.9 Å². The van der Waals surface area contributed by atoms with Crippen molar-refractivity contribution >= 4 is 5.91 Å². The summed E-state index contributed by atoms with van der Waals surface area (Å²) < 4.78 is 55.2. The Labute approximate surface area is 134 Å². The summed E-state index contributed by atoms with van der Waals surface area (Å²) >= 11 is 0. The highest BCUT2D eigenvalue weighted by atomic mass is 19.4. The summed E-state index contributed by atoms with van der Waals surface area (Å²) in [6, 6.07) is 5.11. The zero-order valence-corrected chi connectivity index (χ0v) is 12.4. The first-order chi connectivity index (χ1) is 11.3. The molecule has 9 heteroatoms. The van der Waals surface area contributed by atoms with Crippen LogP contribution >= 0.6 is 0 Å². The lowest BCUT2D eigenvalue weighted by Gasteiger charge is -2.31. The minimum Gasteiger partial charge on any atom is -0.417 e. The number of halogens is 4. The predicted octanol–water partition coefficient (Wildman–Crippen LogP) is 3.25. The molecule has 0 bridgehead atoms. The zero-order valence-electron chi connectivity index (χ0n) is 12.4. The summed E-state index contributed by atoms with van der Waals surface area (Å²) in [4.78, 5) is 13.9. The van der Waals surface area contributed by atoms with Crippen LogP contribution in [0.3, 0.4) is 0 Å². The minimum absolute atomic E-state index is 0.126. The molecule has 0 radical (unpaired) electrons. The molecule has 1 aromatic carbocycles. The lowest BCUT2D eigenvalue weighted by Crippen LogP contribution is -2.39. The van der Waals surface area contributed by atoms with Crippen molar-refractivity contribution in [3.8, 4) is 0 Å². The van der Waals surface area contributed by atoms with Gasteiger partial charge in [0.1, 0.15) is 5.82 Å². The number of likely N-dealkylation sites (tertiary alicyclic amines) is 1. The number of amides is 1. The minimum atomic E-state index is -4.69. The Kier molecular flexibility index (Phi) is 4.25. The number of nitrogens with zero attached hydrogens (tertiary/aromatic N) is 3. The second-order valence-corrected chi connectivity index (χ2v) is 5.54. The van der Waals surface area contributed by atoms with Gasteiger partial charge in [0.15, 0.2) is 0 Å². The first-order valence-electron chi connectivity index (χ1n) is 7.30. The molecule has 1 saturated heterocycles. The molecule has 1 unspecified atom stereocenters. The smallest absolute Gasteiger partial charge is 0.417 e. The van der Waals surface area contributed by atoms with Crippen LogP contribution in [0.25, 0.3) is 0 Å². The quantitative estimate of drug-likeness (QED) is 0.786. The van der Waals surface area contributed by atoms with E-state index in [9.17, 15) is 22.4 Å². The van der Waals surface area contributed by atoms with E-state index >= 15 is 0 Å². The zero-order chi connectivity index (χ0) is 17.3. The van der Waals surface area contributed by atoms with Gasteiger partial charge in [-0.05, 0) is 37.1 Å². The molecule has 0 aliphatic carbocycles. The SMILES string of the molecule is O=C(c1ccc(F)cc1)N1CCCC(c2nnc(C(F)(F)F)o2)C1. The molecule has 1 fully saturated rings. The number of hydrogen-bond donors (Lipinski definition) is 0. The molecule has 0 saturated carbocycles. The second-order valence-electron chi connectivity index (χ2n) is 5.54. The van der Waals surface area contributed by atoms with Crippen LogP contribution in [0.2, 0.25) is 0 Å². The Hall–Kier alpha value is -2.45. The van der Waals surface area contributed by atoms with Crippen LogP contribution in [-0.4, -0.2) is 34.1 Å². The summed E-state index contributed by atoms with van der Waals surface area (Å²) in [5, 5.41) is 6.47. The van der Waals surface area contributed by atoms with E-state index < -0.39 is 23.8 Å². The van der Waals surface area contributed by atoms with E-state index in [2.05, 4.69) is 10.2 Å². The third kappa shape index (κ3) is 3.39. The number of alkyl halides is 3. The van der Waals surface area contributed by atoms with E-state index in [0.29, 0.717) is 24.9 Å². The average Bonchev–Trinajstić information content (AvgIpc) is 3.05. The van der Waals surface area contributed by atoms with Crippen molar-refractivity contribution in [1.29, 1.82) is 0 Å². The van der Waals surface area contributed by atoms with Crippen LogP contribution in [0.15, 0.2) is 28.7 Å². The Balaban J connectivity index is 1.73. The molecular formula is C15H13F4N3O2. The van der Waals surface area contributed by atoms with Crippen LogP contribution in [0.4, 0.5) is 17.6 Å². The Morgan fingerprint density at radius 1 is 1.21 bits per heavy atom. The fraction of sp³-hybridized carbons (Fsp3) is 0.400. The topological polar surface area (TPSA) is 59.2 Å². The standard InChI is InChI=1S/C15H13F4N3O2/c16-11-5-3-9(4-6-11)13(23)22-7-1-2-10(8-22)12-20-21-14(24-12)15(17,18)19/h3-6,10H,1-2,7-8H2. The van der Waals surface area contributed by atoms with Gasteiger partial charge in [0.2, 0.25) is 5.89 Å². The maximum absolute atomic E-state index is 12.9. The number of piperidine rings is 1. The summed E-state index contributed by atoms with van der Waals surface area (Å²) in [6.07, 6.45) is -3.54. The maximum atomic E-state index is 12.9. The predicted molar refractivity (Wildman–Crippen MR) is 73.6 cm³/mol. The summed E-state index contributed by atoms with van der Waals surface area (Å²) in [5.74, 6) is -2.73. The van der Waals surface area contributed by atoms with Crippen LogP contribution in [0.5, 0.6) is 0 Å². The highest BCUT2D eigenvalue weighted by Crippen LogP contribution is 2.32. The average molecular weight is 343 g/mol. The van der Waals surface area contributed by atoms with E-state index in [1.165, 1.54) is 29.2 Å². The van der Waals surface area contributed by atoms with Gasteiger partial charge in [-0.15, -0.1) is 10.2 Å². The Morgan fingerprint density at radius 3 is 2.54 bits per heavy atom. The summed E-state index contributed by atoms with van der Waals surface area (Å²) in [7, 11) is 0. The molecule has 2 heterocycles. The molecule has 1 atom stereocenters. The van der Waals surface area contributed by atoms with Crippen molar-refractivity contribution in [1.82, 2.24) is 15.1 Å².